The first-order valence-corrected chi connectivity index (χ1v) is 12.0. The summed E-state index contributed by atoms with van der Waals surface area (Å²) in [4.78, 5) is 47.0. The number of nitrogens with zero attached hydrogens (tertiary/aromatic N) is 3. The molecule has 3 amide bonds. The molecule has 0 bridgehead atoms. The molecule has 0 unspecified atom stereocenters. The van der Waals surface area contributed by atoms with E-state index in [0.717, 1.165) is 10.5 Å². The third kappa shape index (κ3) is 6.76. The van der Waals surface area contributed by atoms with E-state index in [2.05, 4.69) is 25.6 Å². The summed E-state index contributed by atoms with van der Waals surface area (Å²) in [6.45, 7) is 1.75. The van der Waals surface area contributed by atoms with E-state index >= 15 is 0 Å². The Morgan fingerprint density at radius 3 is 2.44 bits per heavy atom. The number of carbonyl (C=O) groups is 3. The fraction of sp³-hybridized carbons (Fsp3) is 0.360. The van der Waals surface area contributed by atoms with Crippen LogP contribution in [0.3, 0.4) is 0 Å². The molecule has 208 valence electrons. The van der Waals surface area contributed by atoms with Crippen LogP contribution in [0, 0.1) is 0 Å². The van der Waals surface area contributed by atoms with Gasteiger partial charge in [0.2, 0.25) is 11.8 Å². The van der Waals surface area contributed by atoms with Crippen LogP contribution in [0.2, 0.25) is 0 Å². The van der Waals surface area contributed by atoms with E-state index in [0.29, 0.717) is 23.6 Å². The summed E-state index contributed by atoms with van der Waals surface area (Å²) < 4.78 is 37.9. The van der Waals surface area contributed by atoms with Gasteiger partial charge in [0, 0.05) is 13.1 Å². The molecule has 1 fully saturated rings. The SMILES string of the molecule is C[C@H](NC(=O)[C@H]1C[C@@H](c2ccccc2)CCN1C(=O)O)C(=O)NCc1ccc(N2N=C(C(F)(F)F)OO2)cc1. The standard InChI is InChI=1S/C25H26F3N5O6/c1-15(30-22(35)20-13-18(11-12-32(20)24(36)37)17-5-3-2-4-6-17)21(34)29-14-16-7-9-19(10-8-16)33-31-23(38-39-33)25(26,27)28/h2-10,15,18,20H,11-14H2,1H3,(H,29,34)(H,30,35)(H,36,37)/t15-,18-,20+/m0/s1. The molecule has 1 saturated heterocycles. The summed E-state index contributed by atoms with van der Waals surface area (Å²) in [5.41, 5.74) is 1.79. The number of halogens is 3. The molecule has 3 N–H and O–H groups in total. The lowest BCUT2D eigenvalue weighted by Gasteiger charge is -2.37. The number of carboxylic acid groups (broad SMARTS) is 1. The Bertz CT molecular complexity index is 1220. The highest BCUT2D eigenvalue weighted by Crippen LogP contribution is 2.32. The van der Waals surface area contributed by atoms with E-state index < -0.39 is 42.1 Å². The summed E-state index contributed by atoms with van der Waals surface area (Å²) in [6.07, 6.45) is -5.11. The first-order chi connectivity index (χ1) is 18.5. The van der Waals surface area contributed by atoms with Crippen LogP contribution >= 0.6 is 0 Å². The first-order valence-electron chi connectivity index (χ1n) is 12.0. The van der Waals surface area contributed by atoms with E-state index in [1.807, 2.05) is 30.3 Å². The molecule has 0 aromatic heterocycles. The van der Waals surface area contributed by atoms with Crippen molar-refractivity contribution in [2.45, 2.75) is 50.5 Å². The molecule has 11 nitrogen and oxygen atoms in total. The Kier molecular flexibility index (Phi) is 8.24. The molecule has 3 atom stereocenters. The van der Waals surface area contributed by atoms with Gasteiger partial charge in [0.05, 0.1) is 5.69 Å². The minimum atomic E-state index is -4.79. The van der Waals surface area contributed by atoms with E-state index in [1.165, 1.54) is 19.1 Å². The Morgan fingerprint density at radius 2 is 1.82 bits per heavy atom. The summed E-state index contributed by atoms with van der Waals surface area (Å²) in [6, 6.07) is 13.6. The van der Waals surface area contributed by atoms with E-state index in [-0.39, 0.29) is 24.7 Å². The molecule has 14 heteroatoms. The van der Waals surface area contributed by atoms with Gasteiger partial charge in [-0.05, 0) is 53.9 Å². The Morgan fingerprint density at radius 1 is 1.13 bits per heavy atom. The number of piperidine rings is 1. The van der Waals surface area contributed by atoms with Gasteiger partial charge in [-0.3, -0.25) is 19.4 Å². The van der Waals surface area contributed by atoms with Crippen LogP contribution in [-0.4, -0.2) is 58.6 Å². The molecule has 2 heterocycles. The lowest BCUT2D eigenvalue weighted by Crippen LogP contribution is -2.56. The fourth-order valence-electron chi connectivity index (χ4n) is 4.32. The van der Waals surface area contributed by atoms with E-state index in [1.54, 1.807) is 12.1 Å². The third-order valence-corrected chi connectivity index (χ3v) is 6.41. The zero-order chi connectivity index (χ0) is 28.2. The van der Waals surface area contributed by atoms with Crippen LogP contribution in [0.15, 0.2) is 59.7 Å². The van der Waals surface area contributed by atoms with Gasteiger partial charge in [-0.1, -0.05) is 52.7 Å². The second-order valence-corrected chi connectivity index (χ2v) is 9.07. The topological polar surface area (TPSA) is 133 Å². The normalized spacial score (nSPS) is 20.1. The zero-order valence-electron chi connectivity index (χ0n) is 20.7. The lowest BCUT2D eigenvalue weighted by atomic mass is 9.85. The van der Waals surface area contributed by atoms with Crippen molar-refractivity contribution in [1.82, 2.24) is 15.5 Å². The number of hydrogen-bond donors (Lipinski definition) is 3. The number of hydrazone groups is 1. The number of likely N-dealkylation sites (tertiary alicyclic amines) is 1. The smallest absolute Gasteiger partial charge is 0.465 e. The second-order valence-electron chi connectivity index (χ2n) is 9.07. The number of carbonyl (C=O) groups excluding carboxylic acids is 2. The predicted octanol–water partition coefficient (Wildman–Crippen LogP) is 3.29. The molecule has 2 aliphatic rings. The van der Waals surface area contributed by atoms with Crippen molar-refractivity contribution in [3.8, 4) is 0 Å². The molecular weight excluding hydrogens is 523 g/mol. The van der Waals surface area contributed by atoms with Gasteiger partial charge in [-0.25, -0.2) is 4.79 Å². The highest BCUT2D eigenvalue weighted by molar-refractivity contribution is 5.91. The van der Waals surface area contributed by atoms with Crippen LogP contribution in [0.1, 0.15) is 36.8 Å². The number of benzene rings is 2. The maximum Gasteiger partial charge on any atom is 0.474 e. The van der Waals surface area contributed by atoms with Gasteiger partial charge in [-0.15, -0.1) is 0 Å². The minimum Gasteiger partial charge on any atom is -0.465 e. The monoisotopic (exact) mass is 549 g/mol. The lowest BCUT2D eigenvalue weighted by molar-refractivity contribution is -0.232. The molecule has 39 heavy (non-hydrogen) atoms. The highest BCUT2D eigenvalue weighted by atomic mass is 19.4. The number of alkyl halides is 3. The van der Waals surface area contributed by atoms with Gasteiger partial charge in [0.1, 0.15) is 12.1 Å². The Balaban J connectivity index is 1.30. The number of amides is 3. The number of anilines is 1. The van der Waals surface area contributed by atoms with Gasteiger partial charge in [0.15, 0.2) is 0 Å². The number of hydrogen-bond acceptors (Lipinski definition) is 7. The second kappa shape index (κ2) is 11.6. The van der Waals surface area contributed by atoms with Crippen LogP contribution in [0.5, 0.6) is 0 Å². The van der Waals surface area contributed by atoms with Crippen molar-refractivity contribution in [3.63, 3.8) is 0 Å². The maximum atomic E-state index is 13.0. The zero-order valence-corrected chi connectivity index (χ0v) is 20.7. The molecular formula is C25H26F3N5O6. The Hall–Kier alpha value is -4.33. The van der Waals surface area contributed by atoms with Crippen LogP contribution in [0.4, 0.5) is 23.7 Å². The average Bonchev–Trinajstić information content (AvgIpc) is 3.43. The van der Waals surface area contributed by atoms with Crippen LogP contribution in [-0.2, 0) is 26.0 Å². The third-order valence-electron chi connectivity index (χ3n) is 6.41. The quantitative estimate of drug-likeness (QED) is 0.452. The average molecular weight is 550 g/mol. The van der Waals surface area contributed by atoms with E-state index in [9.17, 15) is 32.7 Å². The summed E-state index contributed by atoms with van der Waals surface area (Å²) >= 11 is 0. The van der Waals surface area contributed by atoms with Crippen molar-refractivity contribution in [2.75, 3.05) is 11.7 Å². The fourth-order valence-corrected chi connectivity index (χ4v) is 4.32. The van der Waals surface area contributed by atoms with Crippen LogP contribution in [0.25, 0.3) is 0 Å². The molecule has 0 spiro atoms. The van der Waals surface area contributed by atoms with Crippen molar-refractivity contribution in [1.29, 1.82) is 0 Å². The van der Waals surface area contributed by atoms with Crippen molar-refractivity contribution < 1.29 is 42.5 Å². The number of rotatable bonds is 7. The number of nitrogens with one attached hydrogen (secondary N) is 2. The van der Waals surface area contributed by atoms with Crippen molar-refractivity contribution >= 4 is 29.5 Å². The Labute approximate surface area is 221 Å². The molecule has 4 rings (SSSR count). The summed E-state index contributed by atoms with van der Waals surface area (Å²) in [5.74, 6) is -2.59. The maximum absolute atomic E-state index is 13.0. The highest BCUT2D eigenvalue weighted by Gasteiger charge is 2.44. The molecule has 2 aliphatic heterocycles. The summed E-state index contributed by atoms with van der Waals surface area (Å²) in [5, 5.41) is 18.6. The van der Waals surface area contributed by atoms with Gasteiger partial charge >= 0.3 is 18.2 Å². The predicted molar refractivity (Wildman–Crippen MR) is 131 cm³/mol. The van der Waals surface area contributed by atoms with Gasteiger partial charge < -0.3 is 15.7 Å². The van der Waals surface area contributed by atoms with Crippen molar-refractivity contribution in [2.24, 2.45) is 5.10 Å². The van der Waals surface area contributed by atoms with Crippen molar-refractivity contribution in [3.05, 3.63) is 65.7 Å². The molecule has 0 aliphatic carbocycles. The van der Waals surface area contributed by atoms with Gasteiger partial charge in [-0.2, -0.15) is 13.2 Å². The molecule has 2 aromatic rings. The summed E-state index contributed by atoms with van der Waals surface area (Å²) in [7, 11) is 0. The largest absolute Gasteiger partial charge is 0.474 e. The van der Waals surface area contributed by atoms with E-state index in [4.69, 9.17) is 0 Å². The first kappa shape index (κ1) is 27.7. The molecule has 0 radical (unpaired) electrons. The minimum absolute atomic E-state index is 0.00733. The van der Waals surface area contributed by atoms with Gasteiger partial charge in [0.25, 0.3) is 0 Å². The molecule has 0 saturated carbocycles. The van der Waals surface area contributed by atoms with Crippen LogP contribution < -0.4 is 15.8 Å². The molecule has 2 aromatic carbocycles.